The first-order valence-corrected chi connectivity index (χ1v) is 5.10. The van der Waals surface area contributed by atoms with E-state index in [0.717, 1.165) is 4.90 Å². The summed E-state index contributed by atoms with van der Waals surface area (Å²) in [4.78, 5) is 23.8. The molecule has 0 aliphatic carbocycles. The summed E-state index contributed by atoms with van der Waals surface area (Å²) in [6, 6.07) is -1.91. The van der Waals surface area contributed by atoms with E-state index in [1.54, 1.807) is 7.05 Å². The van der Waals surface area contributed by atoms with Crippen LogP contribution in [0.1, 0.15) is 0 Å². The maximum absolute atomic E-state index is 12.6. The zero-order valence-electron chi connectivity index (χ0n) is 9.33. The first-order valence-electron chi connectivity index (χ1n) is 5.10. The molecule has 0 aromatic heterocycles. The molecular weight excluding hydrogens is 239 g/mol. The van der Waals surface area contributed by atoms with Crippen molar-refractivity contribution in [1.29, 1.82) is 0 Å². The Bertz CT molecular complexity index is 296. The van der Waals surface area contributed by atoms with Gasteiger partial charge in [-0.05, 0) is 7.05 Å². The molecule has 1 unspecified atom stereocenters. The topological polar surface area (TPSA) is 52.7 Å². The van der Waals surface area contributed by atoms with Gasteiger partial charge in [-0.25, -0.2) is 0 Å². The second-order valence-electron chi connectivity index (χ2n) is 3.77. The van der Waals surface area contributed by atoms with Gasteiger partial charge in [-0.15, -0.1) is 0 Å². The second-order valence-corrected chi connectivity index (χ2v) is 3.77. The summed E-state index contributed by atoms with van der Waals surface area (Å²) in [6.07, 6.45) is -4.34. The number of nitrogens with one attached hydrogen (secondary N) is 1. The number of likely N-dealkylation sites (N-methyl/N-ethyl adjacent to an activating group) is 1. The number of amides is 2. The zero-order valence-corrected chi connectivity index (χ0v) is 9.33. The van der Waals surface area contributed by atoms with E-state index in [4.69, 9.17) is 0 Å². The lowest BCUT2D eigenvalue weighted by Gasteiger charge is -2.40. The van der Waals surface area contributed by atoms with Crippen molar-refractivity contribution in [3.05, 3.63) is 0 Å². The van der Waals surface area contributed by atoms with Crippen molar-refractivity contribution in [3.8, 4) is 0 Å². The number of nitrogens with zero attached hydrogens (tertiary/aromatic N) is 2. The number of carbonyl (C=O) groups excluding carboxylic acids is 2. The van der Waals surface area contributed by atoms with Crippen LogP contribution in [-0.4, -0.2) is 67.6 Å². The highest BCUT2D eigenvalue weighted by Gasteiger charge is 2.46. The first-order chi connectivity index (χ1) is 7.90. The molecule has 0 aromatic rings. The molecule has 1 aliphatic heterocycles. The molecule has 0 saturated carbocycles. The zero-order chi connectivity index (χ0) is 13.1. The Morgan fingerprint density at radius 3 is 2.59 bits per heavy atom. The molecule has 0 bridgehead atoms. The smallest absolute Gasteiger partial charge is 0.337 e. The van der Waals surface area contributed by atoms with E-state index in [9.17, 15) is 22.8 Å². The number of halogens is 3. The van der Waals surface area contributed by atoms with Crippen molar-refractivity contribution in [3.63, 3.8) is 0 Å². The molecule has 1 rings (SSSR count). The van der Waals surface area contributed by atoms with Crippen molar-refractivity contribution >= 4 is 12.3 Å². The van der Waals surface area contributed by atoms with E-state index in [-0.39, 0.29) is 26.0 Å². The van der Waals surface area contributed by atoms with Crippen LogP contribution < -0.4 is 5.32 Å². The molecule has 17 heavy (non-hydrogen) atoms. The number of piperazine rings is 1. The minimum atomic E-state index is -4.51. The average Bonchev–Trinajstić information content (AvgIpc) is 2.27. The Morgan fingerprint density at radius 1 is 1.47 bits per heavy atom. The van der Waals surface area contributed by atoms with E-state index >= 15 is 0 Å². The highest BCUT2D eigenvalue weighted by molar-refractivity contribution is 5.78. The molecule has 1 saturated heterocycles. The quantitative estimate of drug-likeness (QED) is 0.686. The first kappa shape index (κ1) is 13.8. The molecule has 0 aromatic carbocycles. The van der Waals surface area contributed by atoms with Gasteiger partial charge in [-0.1, -0.05) is 0 Å². The van der Waals surface area contributed by atoms with E-state index in [1.807, 2.05) is 0 Å². The molecule has 8 heteroatoms. The van der Waals surface area contributed by atoms with Gasteiger partial charge in [0.25, 0.3) is 0 Å². The second kappa shape index (κ2) is 5.35. The summed E-state index contributed by atoms with van der Waals surface area (Å²) in [7, 11) is 1.54. The van der Waals surface area contributed by atoms with Gasteiger partial charge in [0.2, 0.25) is 12.3 Å². The number of hydrogen-bond donors (Lipinski definition) is 1. The summed E-state index contributed by atoms with van der Waals surface area (Å²) in [6.45, 7) is -0.469. The van der Waals surface area contributed by atoms with Crippen molar-refractivity contribution in [2.45, 2.75) is 12.2 Å². The van der Waals surface area contributed by atoms with Crippen molar-refractivity contribution in [1.82, 2.24) is 15.1 Å². The van der Waals surface area contributed by atoms with E-state index in [0.29, 0.717) is 4.90 Å². The average molecular weight is 253 g/mol. The van der Waals surface area contributed by atoms with E-state index < -0.39 is 24.7 Å². The molecule has 0 radical (unpaired) electrons. The summed E-state index contributed by atoms with van der Waals surface area (Å²) in [5.74, 6) is -0.396. The summed E-state index contributed by atoms with van der Waals surface area (Å²) in [5, 5.41) is 2.59. The highest BCUT2D eigenvalue weighted by Crippen LogP contribution is 2.26. The van der Waals surface area contributed by atoms with Crippen molar-refractivity contribution in [2.24, 2.45) is 0 Å². The van der Waals surface area contributed by atoms with Crippen molar-refractivity contribution in [2.75, 3.05) is 33.2 Å². The van der Waals surface area contributed by atoms with Crippen molar-refractivity contribution < 1.29 is 22.8 Å². The van der Waals surface area contributed by atoms with Gasteiger partial charge in [0, 0.05) is 13.1 Å². The SMILES string of the molecule is CNCC(=O)N1CCN(C=O)C(C(F)(F)F)C1. The van der Waals surface area contributed by atoms with Crippen LogP contribution >= 0.6 is 0 Å². The van der Waals surface area contributed by atoms with Gasteiger partial charge in [0.05, 0.1) is 13.1 Å². The third-order valence-corrected chi connectivity index (χ3v) is 2.62. The lowest BCUT2D eigenvalue weighted by molar-refractivity contribution is -0.197. The third kappa shape index (κ3) is 3.32. The maximum Gasteiger partial charge on any atom is 0.410 e. The normalized spacial score (nSPS) is 21.5. The fourth-order valence-electron chi connectivity index (χ4n) is 1.70. The summed E-state index contributed by atoms with van der Waals surface area (Å²) < 4.78 is 37.9. The minimum Gasteiger partial charge on any atom is -0.337 e. The summed E-state index contributed by atoms with van der Waals surface area (Å²) >= 11 is 0. The van der Waals surface area contributed by atoms with Crippen LogP contribution in [-0.2, 0) is 9.59 Å². The van der Waals surface area contributed by atoms with Gasteiger partial charge in [-0.2, -0.15) is 13.2 Å². The van der Waals surface area contributed by atoms with Crippen LogP contribution in [0.4, 0.5) is 13.2 Å². The molecule has 1 fully saturated rings. The number of carbonyl (C=O) groups is 2. The predicted octanol–water partition coefficient (Wildman–Crippen LogP) is -0.563. The van der Waals surface area contributed by atoms with E-state index in [2.05, 4.69) is 5.32 Å². The molecule has 5 nitrogen and oxygen atoms in total. The van der Waals surface area contributed by atoms with Gasteiger partial charge < -0.3 is 15.1 Å². The molecule has 1 heterocycles. The predicted molar refractivity (Wildman–Crippen MR) is 53.1 cm³/mol. The van der Waals surface area contributed by atoms with Gasteiger partial charge in [0.15, 0.2) is 0 Å². The van der Waals surface area contributed by atoms with Crippen LogP contribution in [0.5, 0.6) is 0 Å². The molecule has 0 spiro atoms. The van der Waals surface area contributed by atoms with Gasteiger partial charge in [-0.3, -0.25) is 9.59 Å². The molecule has 1 atom stereocenters. The lowest BCUT2D eigenvalue weighted by Crippen LogP contribution is -2.60. The Morgan fingerprint density at radius 2 is 2.12 bits per heavy atom. The Hall–Kier alpha value is -1.31. The monoisotopic (exact) mass is 253 g/mol. The molecule has 1 aliphatic rings. The van der Waals surface area contributed by atoms with Crippen LogP contribution in [0, 0.1) is 0 Å². The molecular formula is C9H14F3N3O2. The van der Waals surface area contributed by atoms with Crippen LogP contribution in [0.2, 0.25) is 0 Å². The van der Waals surface area contributed by atoms with Crippen LogP contribution in [0.25, 0.3) is 0 Å². The Labute approximate surface area is 96.5 Å². The largest absolute Gasteiger partial charge is 0.410 e. The molecule has 98 valence electrons. The van der Waals surface area contributed by atoms with Gasteiger partial charge >= 0.3 is 6.18 Å². The molecule has 2 amide bonds. The highest BCUT2D eigenvalue weighted by atomic mass is 19.4. The fraction of sp³-hybridized carbons (Fsp3) is 0.778. The van der Waals surface area contributed by atoms with Crippen LogP contribution in [0.15, 0.2) is 0 Å². The van der Waals surface area contributed by atoms with Crippen LogP contribution in [0.3, 0.4) is 0 Å². The number of alkyl halides is 3. The Kier molecular flexibility index (Phi) is 4.33. The number of rotatable bonds is 3. The Balaban J connectivity index is 2.72. The number of hydrogen-bond acceptors (Lipinski definition) is 3. The summed E-state index contributed by atoms with van der Waals surface area (Å²) in [5.41, 5.74) is 0. The fourth-order valence-corrected chi connectivity index (χ4v) is 1.70. The minimum absolute atomic E-state index is 0.00827. The maximum atomic E-state index is 12.6. The lowest BCUT2D eigenvalue weighted by atomic mass is 10.1. The molecule has 1 N–H and O–H groups in total. The van der Waals surface area contributed by atoms with E-state index in [1.165, 1.54) is 0 Å². The standard InChI is InChI=1S/C9H14F3N3O2/c1-13-4-8(17)14-2-3-15(6-16)7(5-14)9(10,11)12/h6-7,13H,2-5H2,1H3. The van der Waals surface area contributed by atoms with Gasteiger partial charge in [0.1, 0.15) is 6.04 Å². The third-order valence-electron chi connectivity index (χ3n) is 2.62.